The van der Waals surface area contributed by atoms with Crippen LogP contribution < -0.4 is 5.56 Å². The van der Waals surface area contributed by atoms with Crippen LogP contribution >= 0.6 is 0 Å². The molecule has 35 heavy (non-hydrogen) atoms. The molecule has 1 saturated carbocycles. The maximum absolute atomic E-state index is 13.3. The molecule has 2 fully saturated rings. The Labute approximate surface area is 201 Å². The first-order valence-electron chi connectivity index (χ1n) is 12.0. The number of nitrogens with zero attached hydrogens (tertiary/aromatic N) is 5. The molecule has 9 heteroatoms. The summed E-state index contributed by atoms with van der Waals surface area (Å²) in [4.78, 5) is 36.6. The van der Waals surface area contributed by atoms with Gasteiger partial charge in [0.25, 0.3) is 11.5 Å². The molecule has 9 nitrogen and oxygen atoms in total. The minimum atomic E-state index is -1.10. The lowest BCUT2D eigenvalue weighted by Gasteiger charge is -2.38. The van der Waals surface area contributed by atoms with Crippen molar-refractivity contribution in [3.63, 3.8) is 0 Å². The highest BCUT2D eigenvalue weighted by molar-refractivity contribution is 5.91. The summed E-state index contributed by atoms with van der Waals surface area (Å²) in [6.45, 7) is 2.83. The van der Waals surface area contributed by atoms with Gasteiger partial charge in [-0.05, 0) is 50.8 Å². The van der Waals surface area contributed by atoms with E-state index in [0.29, 0.717) is 48.8 Å². The second-order valence-corrected chi connectivity index (χ2v) is 9.73. The van der Waals surface area contributed by atoms with Crippen molar-refractivity contribution in [3.05, 3.63) is 76.6 Å². The smallest absolute Gasteiger partial charge is 0.291 e. The number of para-hydroxylation sites is 1. The quantitative estimate of drug-likeness (QED) is 0.478. The van der Waals surface area contributed by atoms with Gasteiger partial charge in [-0.3, -0.25) is 18.7 Å². The Kier molecular flexibility index (Phi) is 5.10. The average Bonchev–Trinajstić information content (AvgIpc) is 3.49. The van der Waals surface area contributed by atoms with E-state index in [1.807, 2.05) is 47.9 Å². The fraction of sp³-hybridized carbons (Fsp3) is 0.385. The van der Waals surface area contributed by atoms with E-state index in [4.69, 9.17) is 4.42 Å². The van der Waals surface area contributed by atoms with E-state index >= 15 is 0 Å². The maximum atomic E-state index is 13.3. The van der Waals surface area contributed by atoms with E-state index in [1.165, 1.54) is 17.1 Å². The number of aliphatic hydroxyl groups is 1. The van der Waals surface area contributed by atoms with E-state index in [1.54, 1.807) is 4.90 Å². The molecule has 1 aliphatic heterocycles. The highest BCUT2D eigenvalue weighted by Crippen LogP contribution is 2.39. The predicted molar refractivity (Wildman–Crippen MR) is 129 cm³/mol. The van der Waals surface area contributed by atoms with Crippen molar-refractivity contribution in [3.8, 4) is 5.69 Å². The van der Waals surface area contributed by atoms with Gasteiger partial charge in [0, 0.05) is 30.4 Å². The number of benzene rings is 1. The molecule has 4 heterocycles. The van der Waals surface area contributed by atoms with Gasteiger partial charge in [0.2, 0.25) is 5.76 Å². The second kappa shape index (κ2) is 8.20. The lowest BCUT2D eigenvalue weighted by atomic mass is 9.91. The molecular formula is C26H27N5O4. The highest BCUT2D eigenvalue weighted by atomic mass is 16.4. The van der Waals surface area contributed by atoms with Crippen LogP contribution in [0.15, 0.2) is 58.1 Å². The number of oxazole rings is 1. The first-order valence-corrected chi connectivity index (χ1v) is 12.0. The van der Waals surface area contributed by atoms with Gasteiger partial charge in [0.05, 0.1) is 23.7 Å². The summed E-state index contributed by atoms with van der Waals surface area (Å²) in [6, 6.07) is 11.6. The number of aryl methyl sites for hydroxylation is 1. The van der Waals surface area contributed by atoms with Crippen molar-refractivity contribution in [1.29, 1.82) is 0 Å². The number of carbonyl (C=O) groups excluding carboxylic acids is 1. The van der Waals surface area contributed by atoms with Crippen LogP contribution in [0.25, 0.3) is 16.7 Å². The Balaban J connectivity index is 1.18. The third-order valence-electron chi connectivity index (χ3n) is 7.09. The van der Waals surface area contributed by atoms with E-state index in [2.05, 4.69) is 9.97 Å². The summed E-state index contributed by atoms with van der Waals surface area (Å²) in [5.74, 6) is 1.03. The molecule has 1 aliphatic carbocycles. The van der Waals surface area contributed by atoms with E-state index < -0.39 is 5.60 Å². The second-order valence-electron chi connectivity index (χ2n) is 9.73. The normalized spacial score (nSPS) is 17.7. The fourth-order valence-electron chi connectivity index (χ4n) is 4.92. The Morgan fingerprint density at radius 1 is 1.17 bits per heavy atom. The van der Waals surface area contributed by atoms with Crippen LogP contribution in [0.3, 0.4) is 0 Å². The van der Waals surface area contributed by atoms with Crippen LogP contribution in [0.1, 0.15) is 53.7 Å². The lowest BCUT2D eigenvalue weighted by molar-refractivity contribution is -0.0304. The van der Waals surface area contributed by atoms with Gasteiger partial charge in [0.1, 0.15) is 6.33 Å². The van der Waals surface area contributed by atoms with Gasteiger partial charge in [0.15, 0.2) is 11.5 Å². The number of rotatable bonds is 5. The molecule has 2 aliphatic rings. The van der Waals surface area contributed by atoms with Crippen molar-refractivity contribution in [1.82, 2.24) is 24.0 Å². The van der Waals surface area contributed by atoms with Crippen LogP contribution in [0.5, 0.6) is 0 Å². The number of hydrogen-bond acceptors (Lipinski definition) is 6. The third kappa shape index (κ3) is 3.95. The first-order chi connectivity index (χ1) is 16.9. The van der Waals surface area contributed by atoms with Crippen LogP contribution in [0.2, 0.25) is 0 Å². The van der Waals surface area contributed by atoms with Crippen LogP contribution in [0.4, 0.5) is 0 Å². The summed E-state index contributed by atoms with van der Waals surface area (Å²) >= 11 is 0. The number of fused-ring (bicyclic) bond motifs is 1. The van der Waals surface area contributed by atoms with Crippen molar-refractivity contribution in [2.45, 2.75) is 50.7 Å². The lowest BCUT2D eigenvalue weighted by Crippen LogP contribution is -2.49. The SMILES string of the molecule is Cc1cc2c(=O)n(CC3(O)CCN(C(=O)c4cnc(C5CC5)o4)CC3)cnc2n1-c1ccccc1. The zero-order valence-electron chi connectivity index (χ0n) is 19.6. The van der Waals surface area contributed by atoms with E-state index in [0.717, 1.165) is 24.2 Å². The van der Waals surface area contributed by atoms with Gasteiger partial charge in [-0.2, -0.15) is 0 Å². The van der Waals surface area contributed by atoms with Gasteiger partial charge < -0.3 is 14.4 Å². The van der Waals surface area contributed by atoms with E-state index in [9.17, 15) is 14.7 Å². The number of likely N-dealkylation sites (tertiary alicyclic amines) is 1. The highest BCUT2D eigenvalue weighted by Gasteiger charge is 2.36. The minimum Gasteiger partial charge on any atom is -0.435 e. The van der Waals surface area contributed by atoms with Crippen LogP contribution in [0, 0.1) is 6.92 Å². The fourth-order valence-corrected chi connectivity index (χ4v) is 4.92. The summed E-state index contributed by atoms with van der Waals surface area (Å²) in [7, 11) is 0. The number of hydrogen-bond donors (Lipinski definition) is 1. The number of amides is 1. The predicted octanol–water partition coefficient (Wildman–Crippen LogP) is 3.03. The maximum Gasteiger partial charge on any atom is 0.291 e. The summed E-state index contributed by atoms with van der Waals surface area (Å²) in [6.07, 6.45) is 5.84. The topological polar surface area (TPSA) is 106 Å². The zero-order chi connectivity index (χ0) is 24.2. The molecule has 3 aromatic heterocycles. The molecule has 1 amide bonds. The molecule has 0 radical (unpaired) electrons. The average molecular weight is 474 g/mol. The zero-order valence-corrected chi connectivity index (χ0v) is 19.6. The minimum absolute atomic E-state index is 0.126. The van der Waals surface area contributed by atoms with Crippen molar-refractivity contribution in [2.75, 3.05) is 13.1 Å². The molecule has 0 atom stereocenters. The first kappa shape index (κ1) is 21.8. The number of aromatic nitrogens is 4. The molecule has 0 spiro atoms. The molecule has 6 rings (SSSR count). The Morgan fingerprint density at radius 3 is 2.63 bits per heavy atom. The molecule has 0 bridgehead atoms. The van der Waals surface area contributed by atoms with Gasteiger partial charge in [-0.1, -0.05) is 18.2 Å². The Bertz CT molecular complexity index is 1460. The molecular weight excluding hydrogens is 446 g/mol. The summed E-state index contributed by atoms with van der Waals surface area (Å²) < 4.78 is 9.09. The third-order valence-corrected chi connectivity index (χ3v) is 7.09. The Morgan fingerprint density at radius 2 is 1.91 bits per heavy atom. The van der Waals surface area contributed by atoms with Crippen molar-refractivity contribution >= 4 is 16.9 Å². The molecule has 4 aromatic rings. The van der Waals surface area contributed by atoms with Crippen LogP contribution in [-0.2, 0) is 6.54 Å². The van der Waals surface area contributed by atoms with Crippen molar-refractivity contribution < 1.29 is 14.3 Å². The molecule has 0 unspecified atom stereocenters. The van der Waals surface area contributed by atoms with Gasteiger partial charge in [-0.25, -0.2) is 9.97 Å². The molecule has 1 aromatic carbocycles. The van der Waals surface area contributed by atoms with Crippen molar-refractivity contribution in [2.24, 2.45) is 0 Å². The monoisotopic (exact) mass is 473 g/mol. The summed E-state index contributed by atoms with van der Waals surface area (Å²) in [5.41, 5.74) is 1.16. The number of carbonyl (C=O) groups is 1. The molecule has 1 saturated heterocycles. The van der Waals surface area contributed by atoms with E-state index in [-0.39, 0.29) is 23.8 Å². The van der Waals surface area contributed by atoms with Gasteiger partial charge >= 0.3 is 0 Å². The standard InChI is InChI=1S/C26H27N5O4/c1-17-13-20-22(31(17)19-5-3-2-4-6-19)28-16-30(24(20)32)15-26(34)9-11-29(12-10-26)25(33)21-14-27-23(35-21)18-7-8-18/h2-6,13-14,16,18,34H,7-12,15H2,1H3. The van der Waals surface area contributed by atoms with Gasteiger partial charge in [-0.15, -0.1) is 0 Å². The van der Waals surface area contributed by atoms with Crippen LogP contribution in [-0.4, -0.2) is 53.7 Å². The molecule has 1 N–H and O–H groups in total. The summed E-state index contributed by atoms with van der Waals surface area (Å²) in [5, 5.41) is 11.8. The largest absolute Gasteiger partial charge is 0.435 e. The Hall–Kier alpha value is -3.72. The number of piperidine rings is 1. The molecule has 180 valence electrons.